The summed E-state index contributed by atoms with van der Waals surface area (Å²) >= 11 is 0. The van der Waals surface area contributed by atoms with Crippen molar-refractivity contribution in [2.24, 2.45) is 5.16 Å². The Labute approximate surface area is 145 Å². The molecule has 0 saturated carbocycles. The van der Waals surface area contributed by atoms with Crippen LogP contribution in [0.15, 0.2) is 23.6 Å². The maximum Gasteiger partial charge on any atom is 0.319 e. The smallest absolute Gasteiger partial charge is 0.319 e. The number of carbonyl (C=O) groups excluding carboxylic acids is 1. The third-order valence-corrected chi connectivity index (χ3v) is 4.21. The van der Waals surface area contributed by atoms with Crippen molar-refractivity contribution in [2.45, 2.75) is 39.7 Å². The van der Waals surface area contributed by atoms with Gasteiger partial charge in [-0.25, -0.2) is 9.48 Å². The molecular weight excluding hydrogens is 322 g/mol. The van der Waals surface area contributed by atoms with E-state index in [1.807, 2.05) is 32.9 Å². The van der Waals surface area contributed by atoms with Crippen molar-refractivity contribution in [3.05, 3.63) is 29.6 Å². The summed E-state index contributed by atoms with van der Waals surface area (Å²) in [5.74, 6) is 0. The Morgan fingerprint density at radius 3 is 2.92 bits per heavy atom. The van der Waals surface area contributed by atoms with Gasteiger partial charge < -0.3 is 15.5 Å². The molecule has 2 heterocycles. The second-order valence-corrected chi connectivity index (χ2v) is 5.97. The minimum atomic E-state index is -0.287. The number of carbonyl (C=O) groups is 1. The average Bonchev–Trinajstić information content (AvgIpc) is 3.28. The Morgan fingerprint density at radius 2 is 2.24 bits per heavy atom. The van der Waals surface area contributed by atoms with Crippen molar-refractivity contribution in [3.8, 4) is 5.69 Å². The number of tetrazole rings is 1. The molecule has 25 heavy (non-hydrogen) atoms. The first kappa shape index (κ1) is 16.9. The molecule has 0 bridgehead atoms. The molecule has 0 saturated heterocycles. The third-order valence-electron chi connectivity index (χ3n) is 4.21. The summed E-state index contributed by atoms with van der Waals surface area (Å²) in [6.45, 7) is 6.37. The van der Waals surface area contributed by atoms with E-state index in [4.69, 9.17) is 4.84 Å². The molecule has 9 nitrogen and oxygen atoms in total. The van der Waals surface area contributed by atoms with Crippen LogP contribution < -0.4 is 10.6 Å². The molecule has 0 unspecified atom stereocenters. The number of urea groups is 1. The second kappa shape index (κ2) is 7.29. The molecule has 3 rings (SSSR count). The highest BCUT2D eigenvalue weighted by Crippen LogP contribution is 2.23. The van der Waals surface area contributed by atoms with Gasteiger partial charge in [0.1, 0.15) is 12.4 Å². The van der Waals surface area contributed by atoms with Gasteiger partial charge in [-0.2, -0.15) is 0 Å². The van der Waals surface area contributed by atoms with Crippen molar-refractivity contribution in [3.63, 3.8) is 0 Å². The molecule has 0 fully saturated rings. The van der Waals surface area contributed by atoms with Crippen LogP contribution in [0.25, 0.3) is 5.69 Å². The summed E-state index contributed by atoms with van der Waals surface area (Å²) in [6.07, 6.45) is 3.03. The zero-order valence-electron chi connectivity index (χ0n) is 14.5. The summed E-state index contributed by atoms with van der Waals surface area (Å²) in [4.78, 5) is 17.5. The highest BCUT2D eigenvalue weighted by Gasteiger charge is 2.20. The first-order chi connectivity index (χ1) is 12.1. The van der Waals surface area contributed by atoms with E-state index in [1.54, 1.807) is 4.68 Å². The van der Waals surface area contributed by atoms with E-state index in [2.05, 4.69) is 31.3 Å². The standard InChI is InChI=1S/C16H21N7O2/c1-4-12-6-14(25-20-12)8-17-16(24)19-15-7-13(5-10(2)11(15)3)23-9-18-21-22-23/h5,7,9,14H,4,6,8H2,1-3H3,(H2,17,19,24)/t14-/m1/s1. The number of nitrogens with zero attached hydrogens (tertiary/aromatic N) is 5. The molecular formula is C16H21N7O2. The first-order valence-electron chi connectivity index (χ1n) is 8.17. The Bertz CT molecular complexity index is 786. The average molecular weight is 343 g/mol. The van der Waals surface area contributed by atoms with E-state index in [1.165, 1.54) is 6.33 Å². The lowest BCUT2D eigenvalue weighted by atomic mass is 10.1. The third kappa shape index (κ3) is 3.93. The van der Waals surface area contributed by atoms with Gasteiger partial charge in [0, 0.05) is 12.1 Å². The van der Waals surface area contributed by atoms with Crippen molar-refractivity contribution in [2.75, 3.05) is 11.9 Å². The van der Waals surface area contributed by atoms with Gasteiger partial charge in [-0.15, -0.1) is 5.10 Å². The Kier molecular flexibility index (Phi) is 4.92. The van der Waals surface area contributed by atoms with Gasteiger partial charge in [0.05, 0.1) is 17.9 Å². The van der Waals surface area contributed by atoms with E-state index >= 15 is 0 Å². The van der Waals surface area contributed by atoms with Crippen LogP contribution in [0.4, 0.5) is 10.5 Å². The molecule has 132 valence electrons. The maximum absolute atomic E-state index is 12.2. The number of hydrogen-bond acceptors (Lipinski definition) is 6. The second-order valence-electron chi connectivity index (χ2n) is 5.97. The summed E-state index contributed by atoms with van der Waals surface area (Å²) in [5.41, 5.74) is 4.53. The van der Waals surface area contributed by atoms with Crippen LogP contribution in [0.5, 0.6) is 0 Å². The van der Waals surface area contributed by atoms with E-state index in [0.717, 1.165) is 35.4 Å². The number of aryl methyl sites for hydroxylation is 1. The van der Waals surface area contributed by atoms with E-state index in [0.29, 0.717) is 12.2 Å². The van der Waals surface area contributed by atoms with Crippen LogP contribution >= 0.6 is 0 Å². The summed E-state index contributed by atoms with van der Waals surface area (Å²) in [7, 11) is 0. The van der Waals surface area contributed by atoms with E-state index in [-0.39, 0.29) is 12.1 Å². The van der Waals surface area contributed by atoms with Gasteiger partial charge in [-0.3, -0.25) is 0 Å². The fraction of sp³-hybridized carbons (Fsp3) is 0.438. The highest BCUT2D eigenvalue weighted by atomic mass is 16.6. The molecule has 0 spiro atoms. The Morgan fingerprint density at radius 1 is 1.40 bits per heavy atom. The predicted octanol–water partition coefficient (Wildman–Crippen LogP) is 1.96. The van der Waals surface area contributed by atoms with Crippen LogP contribution in [-0.4, -0.2) is 44.6 Å². The van der Waals surface area contributed by atoms with Crippen molar-refractivity contribution >= 4 is 17.4 Å². The van der Waals surface area contributed by atoms with E-state index < -0.39 is 0 Å². The van der Waals surface area contributed by atoms with E-state index in [9.17, 15) is 4.79 Å². The lowest BCUT2D eigenvalue weighted by Gasteiger charge is -2.15. The molecule has 1 aromatic heterocycles. The number of hydrogen-bond donors (Lipinski definition) is 2. The van der Waals surface area contributed by atoms with Gasteiger partial charge >= 0.3 is 6.03 Å². The van der Waals surface area contributed by atoms with Crippen molar-refractivity contribution in [1.29, 1.82) is 0 Å². The Hall–Kier alpha value is -2.97. The molecule has 1 aliphatic heterocycles. The molecule has 0 radical (unpaired) electrons. The van der Waals surface area contributed by atoms with Crippen LogP contribution in [0.2, 0.25) is 0 Å². The topological polar surface area (TPSA) is 106 Å². The lowest BCUT2D eigenvalue weighted by molar-refractivity contribution is 0.0870. The fourth-order valence-corrected chi connectivity index (χ4v) is 2.56. The van der Waals surface area contributed by atoms with Gasteiger partial charge in [-0.1, -0.05) is 12.1 Å². The highest BCUT2D eigenvalue weighted by molar-refractivity contribution is 5.91. The van der Waals surface area contributed by atoms with Gasteiger partial charge in [0.25, 0.3) is 0 Å². The van der Waals surface area contributed by atoms with Crippen molar-refractivity contribution in [1.82, 2.24) is 25.5 Å². The van der Waals surface area contributed by atoms with Crippen molar-refractivity contribution < 1.29 is 9.63 Å². The van der Waals surface area contributed by atoms with Gasteiger partial charge in [-0.05, 0) is 54.0 Å². The summed E-state index contributed by atoms with van der Waals surface area (Å²) in [5, 5.41) is 20.8. The number of benzene rings is 1. The molecule has 9 heteroatoms. The van der Waals surface area contributed by atoms with Crippen LogP contribution in [0, 0.1) is 13.8 Å². The fourth-order valence-electron chi connectivity index (χ4n) is 2.56. The van der Waals surface area contributed by atoms with Gasteiger partial charge in [0.2, 0.25) is 0 Å². The minimum Gasteiger partial charge on any atom is -0.390 e. The normalized spacial score (nSPS) is 16.3. The number of amides is 2. The number of oxime groups is 1. The monoisotopic (exact) mass is 343 g/mol. The molecule has 1 aromatic carbocycles. The number of aromatic nitrogens is 4. The molecule has 2 amide bonds. The first-order valence-corrected chi connectivity index (χ1v) is 8.17. The molecule has 2 N–H and O–H groups in total. The SMILES string of the molecule is CCC1=NO[C@@H](CNC(=O)Nc2cc(-n3cnnn3)cc(C)c2C)C1. The number of anilines is 1. The van der Waals surface area contributed by atoms with Crippen LogP contribution in [0.3, 0.4) is 0 Å². The largest absolute Gasteiger partial charge is 0.390 e. The molecule has 2 aromatic rings. The quantitative estimate of drug-likeness (QED) is 0.863. The molecule has 0 aliphatic carbocycles. The number of nitrogens with one attached hydrogen (secondary N) is 2. The van der Waals surface area contributed by atoms with Crippen LogP contribution in [0.1, 0.15) is 30.9 Å². The molecule has 1 aliphatic rings. The Balaban J connectivity index is 1.63. The number of rotatable bonds is 5. The minimum absolute atomic E-state index is 0.101. The zero-order valence-corrected chi connectivity index (χ0v) is 14.5. The lowest BCUT2D eigenvalue weighted by Crippen LogP contribution is -2.35. The molecule has 1 atom stereocenters. The zero-order chi connectivity index (χ0) is 17.8. The maximum atomic E-state index is 12.2. The van der Waals surface area contributed by atoms with Crippen LogP contribution in [-0.2, 0) is 4.84 Å². The predicted molar refractivity (Wildman–Crippen MR) is 92.9 cm³/mol. The van der Waals surface area contributed by atoms with Gasteiger partial charge in [0.15, 0.2) is 0 Å². The summed E-state index contributed by atoms with van der Waals surface area (Å²) in [6, 6.07) is 3.51. The summed E-state index contributed by atoms with van der Waals surface area (Å²) < 4.78 is 1.55.